The average Bonchev–Trinajstić information content (AvgIpc) is 2.43. The minimum atomic E-state index is -4.39. The van der Waals surface area contributed by atoms with E-state index < -0.39 is 30.5 Å². The maximum Gasteiger partial charge on any atom is 0.406 e. The second-order valence-corrected chi connectivity index (χ2v) is 5.60. The van der Waals surface area contributed by atoms with Gasteiger partial charge in [0.2, 0.25) is 5.91 Å². The molecule has 0 saturated carbocycles. The van der Waals surface area contributed by atoms with Crippen molar-refractivity contribution in [2.75, 3.05) is 32.7 Å². The number of hydrogen-bond donors (Lipinski definition) is 1. The molecule has 1 N–H and O–H groups in total. The summed E-state index contributed by atoms with van der Waals surface area (Å²) >= 11 is 0. The van der Waals surface area contributed by atoms with Crippen molar-refractivity contribution in [2.45, 2.75) is 38.8 Å². The van der Waals surface area contributed by atoms with Crippen molar-refractivity contribution in [1.29, 1.82) is 0 Å². The maximum absolute atomic E-state index is 12.5. The summed E-state index contributed by atoms with van der Waals surface area (Å²) in [6, 6.07) is 0. The van der Waals surface area contributed by atoms with Gasteiger partial charge in [-0.2, -0.15) is 13.2 Å². The number of rotatable bonds is 7. The standard InChI is InChI=1S/C14H23F3N2O3/c1-2-19(10-14(15,16)17)13(22)11-5-3-7-18(9-11)8-4-6-12(20)21/h11H,2-10H2,1H3,(H,20,21). The lowest BCUT2D eigenvalue weighted by Crippen LogP contribution is -2.47. The van der Waals surface area contributed by atoms with Crippen molar-refractivity contribution < 1.29 is 27.9 Å². The summed E-state index contributed by atoms with van der Waals surface area (Å²) in [6.07, 6.45) is -2.52. The molecule has 1 heterocycles. The van der Waals surface area contributed by atoms with Crippen LogP contribution in [0.4, 0.5) is 13.2 Å². The molecule has 1 aliphatic rings. The van der Waals surface area contributed by atoms with Crippen molar-refractivity contribution in [3.05, 3.63) is 0 Å². The Kier molecular flexibility index (Phi) is 7.12. The topological polar surface area (TPSA) is 60.9 Å². The van der Waals surface area contributed by atoms with Crippen LogP contribution in [0.25, 0.3) is 0 Å². The highest BCUT2D eigenvalue weighted by Gasteiger charge is 2.35. The van der Waals surface area contributed by atoms with Crippen LogP contribution in [0.5, 0.6) is 0 Å². The Morgan fingerprint density at radius 1 is 1.36 bits per heavy atom. The van der Waals surface area contributed by atoms with Crippen molar-refractivity contribution in [3.63, 3.8) is 0 Å². The second-order valence-electron chi connectivity index (χ2n) is 5.60. The van der Waals surface area contributed by atoms with Crippen LogP contribution in [0.2, 0.25) is 0 Å². The van der Waals surface area contributed by atoms with E-state index >= 15 is 0 Å². The van der Waals surface area contributed by atoms with E-state index in [2.05, 4.69) is 0 Å². The van der Waals surface area contributed by atoms with E-state index in [1.165, 1.54) is 6.92 Å². The van der Waals surface area contributed by atoms with Gasteiger partial charge in [0.05, 0.1) is 5.92 Å². The molecule has 1 aliphatic heterocycles. The minimum Gasteiger partial charge on any atom is -0.481 e. The van der Waals surface area contributed by atoms with Gasteiger partial charge in [-0.15, -0.1) is 0 Å². The lowest BCUT2D eigenvalue weighted by Gasteiger charge is -2.34. The average molecular weight is 324 g/mol. The number of likely N-dealkylation sites (tertiary alicyclic amines) is 1. The molecule has 1 rings (SSSR count). The number of alkyl halides is 3. The van der Waals surface area contributed by atoms with Gasteiger partial charge in [0.15, 0.2) is 0 Å². The van der Waals surface area contributed by atoms with Gasteiger partial charge in [-0.25, -0.2) is 0 Å². The lowest BCUT2D eigenvalue weighted by atomic mass is 9.96. The fourth-order valence-electron chi connectivity index (χ4n) is 2.73. The summed E-state index contributed by atoms with van der Waals surface area (Å²) in [5, 5.41) is 8.61. The summed E-state index contributed by atoms with van der Waals surface area (Å²) < 4.78 is 37.4. The second kappa shape index (κ2) is 8.36. The highest BCUT2D eigenvalue weighted by molar-refractivity contribution is 5.79. The van der Waals surface area contributed by atoms with Gasteiger partial charge in [-0.1, -0.05) is 0 Å². The van der Waals surface area contributed by atoms with Crippen molar-refractivity contribution in [3.8, 4) is 0 Å². The van der Waals surface area contributed by atoms with Crippen molar-refractivity contribution in [1.82, 2.24) is 9.80 Å². The summed E-state index contributed by atoms with van der Waals surface area (Å²) in [5.41, 5.74) is 0. The molecule has 8 heteroatoms. The quantitative estimate of drug-likeness (QED) is 0.778. The zero-order valence-electron chi connectivity index (χ0n) is 12.7. The first kappa shape index (κ1) is 18.7. The number of nitrogens with zero attached hydrogens (tertiary/aromatic N) is 2. The molecule has 0 aromatic rings. The van der Waals surface area contributed by atoms with Crippen LogP contribution in [0.15, 0.2) is 0 Å². The van der Waals surface area contributed by atoms with Crippen LogP contribution in [-0.4, -0.2) is 65.7 Å². The molecule has 0 bridgehead atoms. The molecule has 128 valence electrons. The predicted molar refractivity (Wildman–Crippen MR) is 74.3 cm³/mol. The Balaban J connectivity index is 2.51. The van der Waals surface area contributed by atoms with Gasteiger partial charge in [0.25, 0.3) is 0 Å². The van der Waals surface area contributed by atoms with Crippen LogP contribution in [-0.2, 0) is 9.59 Å². The third-order valence-corrected chi connectivity index (χ3v) is 3.78. The monoisotopic (exact) mass is 324 g/mol. The lowest BCUT2D eigenvalue weighted by molar-refractivity contribution is -0.164. The summed E-state index contributed by atoms with van der Waals surface area (Å²) in [6.45, 7) is 2.09. The number of carbonyl (C=O) groups is 2. The fourth-order valence-corrected chi connectivity index (χ4v) is 2.73. The van der Waals surface area contributed by atoms with Crippen molar-refractivity contribution in [2.24, 2.45) is 5.92 Å². The number of hydrogen-bond acceptors (Lipinski definition) is 3. The zero-order chi connectivity index (χ0) is 16.8. The van der Waals surface area contributed by atoms with Crippen LogP contribution < -0.4 is 0 Å². The fraction of sp³-hybridized carbons (Fsp3) is 0.857. The summed E-state index contributed by atoms with van der Waals surface area (Å²) in [7, 11) is 0. The van der Waals surface area contributed by atoms with Crippen LogP contribution >= 0.6 is 0 Å². The number of carboxylic acid groups (broad SMARTS) is 1. The Morgan fingerprint density at radius 2 is 2.05 bits per heavy atom. The highest BCUT2D eigenvalue weighted by Crippen LogP contribution is 2.22. The largest absolute Gasteiger partial charge is 0.481 e. The van der Waals surface area contributed by atoms with Gasteiger partial charge < -0.3 is 14.9 Å². The molecule has 5 nitrogen and oxygen atoms in total. The molecule has 0 aromatic carbocycles. The first-order valence-corrected chi connectivity index (χ1v) is 7.52. The SMILES string of the molecule is CCN(CC(F)(F)F)C(=O)C1CCCN(CCCC(=O)O)C1. The van der Waals surface area contributed by atoms with E-state index in [4.69, 9.17) is 5.11 Å². The molecule has 1 saturated heterocycles. The Labute approximate surface area is 128 Å². The van der Waals surface area contributed by atoms with Gasteiger partial charge in [0, 0.05) is 19.5 Å². The highest BCUT2D eigenvalue weighted by atomic mass is 19.4. The first-order valence-electron chi connectivity index (χ1n) is 7.52. The van der Waals surface area contributed by atoms with E-state index in [9.17, 15) is 22.8 Å². The Hall–Kier alpha value is -1.31. The molecule has 1 fully saturated rings. The van der Waals surface area contributed by atoms with Crippen LogP contribution in [0.1, 0.15) is 32.6 Å². The molecule has 1 amide bonds. The summed E-state index contributed by atoms with van der Waals surface area (Å²) in [5.74, 6) is -1.75. The normalized spacial score (nSPS) is 19.9. The van der Waals surface area contributed by atoms with Crippen molar-refractivity contribution >= 4 is 11.9 Å². The molecule has 1 unspecified atom stereocenters. The molecule has 0 radical (unpaired) electrons. The number of amides is 1. The predicted octanol–water partition coefficient (Wildman–Crippen LogP) is 1.97. The zero-order valence-corrected chi connectivity index (χ0v) is 12.7. The number of halogens is 3. The number of aliphatic carboxylic acids is 1. The molecule has 1 atom stereocenters. The smallest absolute Gasteiger partial charge is 0.406 e. The van der Waals surface area contributed by atoms with E-state index in [1.807, 2.05) is 4.90 Å². The van der Waals surface area contributed by atoms with Gasteiger partial charge >= 0.3 is 12.1 Å². The third-order valence-electron chi connectivity index (χ3n) is 3.78. The van der Waals surface area contributed by atoms with E-state index in [-0.39, 0.29) is 13.0 Å². The Morgan fingerprint density at radius 3 is 2.59 bits per heavy atom. The number of piperidine rings is 1. The molecular weight excluding hydrogens is 301 g/mol. The minimum absolute atomic E-state index is 0.0356. The van der Waals surface area contributed by atoms with Crippen LogP contribution in [0, 0.1) is 5.92 Å². The summed E-state index contributed by atoms with van der Waals surface area (Å²) in [4.78, 5) is 25.5. The molecular formula is C14H23F3N2O3. The number of carboxylic acids is 1. The molecule has 0 spiro atoms. The third kappa shape index (κ3) is 6.64. The van der Waals surface area contributed by atoms with Gasteiger partial charge in [-0.3, -0.25) is 9.59 Å². The van der Waals surface area contributed by atoms with E-state index in [0.717, 1.165) is 17.9 Å². The first-order chi connectivity index (χ1) is 10.2. The van der Waals surface area contributed by atoms with Gasteiger partial charge in [0.1, 0.15) is 6.54 Å². The van der Waals surface area contributed by atoms with E-state index in [0.29, 0.717) is 25.9 Å². The van der Waals surface area contributed by atoms with E-state index in [1.54, 1.807) is 0 Å². The Bertz CT molecular complexity index is 388. The maximum atomic E-state index is 12.5. The van der Waals surface area contributed by atoms with Crippen LogP contribution in [0.3, 0.4) is 0 Å². The number of carbonyl (C=O) groups excluding carboxylic acids is 1. The molecule has 0 aliphatic carbocycles. The molecule has 0 aromatic heterocycles. The van der Waals surface area contributed by atoms with Gasteiger partial charge in [-0.05, 0) is 39.3 Å². The molecule has 22 heavy (non-hydrogen) atoms.